The van der Waals surface area contributed by atoms with Crippen LogP contribution in [0.25, 0.3) is 0 Å². The van der Waals surface area contributed by atoms with Crippen LogP contribution in [0.1, 0.15) is 71.3 Å². The molecule has 3 atom stereocenters. The zero-order valence-corrected chi connectivity index (χ0v) is 20.3. The summed E-state index contributed by atoms with van der Waals surface area (Å²) in [6.45, 7) is 1.01. The Hall–Kier alpha value is -2.60. The number of phenols is 1. The van der Waals surface area contributed by atoms with E-state index in [4.69, 9.17) is 0 Å². The minimum atomic E-state index is -0.266. The molecule has 2 bridgehead atoms. The first-order valence-corrected chi connectivity index (χ1v) is 12.9. The zero-order valence-electron chi connectivity index (χ0n) is 20.3. The number of nitrogens with one attached hydrogen (secondary N) is 1. The second-order valence-corrected chi connectivity index (χ2v) is 11.2. The van der Waals surface area contributed by atoms with Crippen molar-refractivity contribution in [1.29, 1.82) is 0 Å². The van der Waals surface area contributed by atoms with Crippen molar-refractivity contribution < 1.29 is 9.90 Å². The Balaban J connectivity index is 1.39. The number of likely N-dealkylation sites (tertiary alicyclic amines) is 1. The van der Waals surface area contributed by atoms with Gasteiger partial charge in [0.05, 0.1) is 0 Å². The lowest BCUT2D eigenvalue weighted by Crippen LogP contribution is -2.61. The van der Waals surface area contributed by atoms with Crippen molar-refractivity contribution in [3.63, 3.8) is 0 Å². The number of piperidine rings is 1. The number of rotatable bonds is 2. The second kappa shape index (κ2) is 7.98. The molecule has 1 aromatic carbocycles. The van der Waals surface area contributed by atoms with Crippen LogP contribution in [0.3, 0.4) is 0 Å². The van der Waals surface area contributed by atoms with Crippen molar-refractivity contribution in [2.24, 2.45) is 5.92 Å². The molecule has 6 nitrogen and oxygen atoms in total. The van der Waals surface area contributed by atoms with E-state index in [0.717, 1.165) is 69.2 Å². The van der Waals surface area contributed by atoms with Gasteiger partial charge in [0.15, 0.2) is 0 Å². The van der Waals surface area contributed by atoms with E-state index in [1.807, 2.05) is 24.1 Å². The number of phenolic OH excluding ortho intramolecular Hbond substituents is 1. The highest BCUT2D eigenvalue weighted by molar-refractivity contribution is 5.94. The van der Waals surface area contributed by atoms with E-state index in [0.29, 0.717) is 17.7 Å². The molecule has 6 heteroatoms. The smallest absolute Gasteiger partial charge is 0.261 e. The van der Waals surface area contributed by atoms with Crippen molar-refractivity contribution in [1.82, 2.24) is 14.8 Å². The predicted molar refractivity (Wildman–Crippen MR) is 131 cm³/mol. The van der Waals surface area contributed by atoms with Gasteiger partial charge in [-0.3, -0.25) is 9.59 Å². The predicted octanol–water partition coefficient (Wildman–Crippen LogP) is 3.40. The molecule has 1 saturated heterocycles. The van der Waals surface area contributed by atoms with E-state index < -0.39 is 0 Å². The van der Waals surface area contributed by atoms with E-state index in [2.05, 4.69) is 23.0 Å². The number of benzene rings is 1. The van der Waals surface area contributed by atoms with Gasteiger partial charge in [-0.2, -0.15) is 0 Å². The van der Waals surface area contributed by atoms with Crippen LogP contribution in [0.4, 0.5) is 0 Å². The standard InChI is InChI=1S/C28H35N3O3/c1-30-11-10-28-16-24-18(13-23(28)25(30)14-17-8-9-20(32)15-22(17)28)12-21(26(33)29-24)27(34)31(2)19-6-4-3-5-7-19/h8-9,12,15,19,23,25,32H,3-7,10-11,13-14,16H2,1-2H3,(H,29,33)/t23-,25+,28?/m0/s1. The molecule has 1 saturated carbocycles. The first-order valence-electron chi connectivity index (χ1n) is 12.9. The van der Waals surface area contributed by atoms with Crippen molar-refractivity contribution in [2.45, 2.75) is 75.3 Å². The van der Waals surface area contributed by atoms with E-state index in [9.17, 15) is 14.7 Å². The Bertz CT molecular complexity index is 1200. The van der Waals surface area contributed by atoms with Crippen LogP contribution >= 0.6 is 0 Å². The van der Waals surface area contributed by atoms with Gasteiger partial charge in [0.2, 0.25) is 0 Å². The lowest BCUT2D eigenvalue weighted by molar-refractivity contribution is 0.0233. The monoisotopic (exact) mass is 461 g/mol. The summed E-state index contributed by atoms with van der Waals surface area (Å²) in [5.74, 6) is 0.570. The summed E-state index contributed by atoms with van der Waals surface area (Å²) in [7, 11) is 4.08. The molecule has 2 fully saturated rings. The van der Waals surface area contributed by atoms with Crippen molar-refractivity contribution in [3.8, 4) is 5.75 Å². The first kappa shape index (κ1) is 21.9. The Morgan fingerprint density at radius 2 is 1.94 bits per heavy atom. The summed E-state index contributed by atoms with van der Waals surface area (Å²) in [6, 6.07) is 8.40. The molecule has 0 spiro atoms. The molecule has 180 valence electrons. The van der Waals surface area contributed by atoms with Crippen LogP contribution in [0.2, 0.25) is 0 Å². The maximum atomic E-state index is 13.4. The number of carbonyl (C=O) groups is 1. The fourth-order valence-corrected chi connectivity index (χ4v) is 7.60. The van der Waals surface area contributed by atoms with Crippen LogP contribution in [0, 0.1) is 5.92 Å². The molecule has 2 N–H and O–H groups in total. The number of fused-ring (bicyclic) bond motifs is 2. The first-order chi connectivity index (χ1) is 16.4. The molecule has 34 heavy (non-hydrogen) atoms. The highest BCUT2D eigenvalue weighted by Gasteiger charge is 2.54. The van der Waals surface area contributed by atoms with Crippen LogP contribution < -0.4 is 5.56 Å². The number of H-pyrrole nitrogens is 1. The van der Waals surface area contributed by atoms with Crippen LogP contribution in [-0.4, -0.2) is 58.5 Å². The highest BCUT2D eigenvalue weighted by atomic mass is 16.3. The molecule has 6 rings (SSSR count). The minimum Gasteiger partial charge on any atom is -0.508 e. The van der Waals surface area contributed by atoms with Gasteiger partial charge in [-0.1, -0.05) is 25.3 Å². The third-order valence-corrected chi connectivity index (χ3v) is 9.53. The molecular formula is C28H35N3O3. The quantitative estimate of drug-likeness (QED) is 0.719. The van der Waals surface area contributed by atoms with E-state index in [-0.39, 0.29) is 28.5 Å². The molecule has 2 heterocycles. The van der Waals surface area contributed by atoms with Crippen LogP contribution in [-0.2, 0) is 24.7 Å². The van der Waals surface area contributed by atoms with Gasteiger partial charge in [-0.05, 0) is 92.9 Å². The number of hydrogen-bond acceptors (Lipinski definition) is 4. The SMILES string of the molecule is CN(C(=O)c1cc2c([nH]c1=O)CC13CCN(C)[C@H](Cc4ccc(O)cc41)[C@@H]3C2)C1CCCCC1. The number of nitrogens with zero attached hydrogens (tertiary/aromatic N) is 2. The van der Waals surface area contributed by atoms with E-state index >= 15 is 0 Å². The largest absolute Gasteiger partial charge is 0.508 e. The summed E-state index contributed by atoms with van der Waals surface area (Å²) in [4.78, 5) is 33.9. The van der Waals surface area contributed by atoms with Crippen molar-refractivity contribution >= 4 is 5.91 Å². The lowest BCUT2D eigenvalue weighted by atomic mass is 9.52. The number of carbonyl (C=O) groups excluding carboxylic acids is 1. The normalized spacial score (nSPS) is 28.5. The second-order valence-electron chi connectivity index (χ2n) is 11.2. The fourth-order valence-electron chi connectivity index (χ4n) is 7.60. The van der Waals surface area contributed by atoms with Gasteiger partial charge in [0.1, 0.15) is 11.3 Å². The van der Waals surface area contributed by atoms with Crippen molar-refractivity contribution in [3.05, 3.63) is 62.6 Å². The Kier molecular flexibility index (Phi) is 5.14. The maximum Gasteiger partial charge on any atom is 0.261 e. The van der Waals surface area contributed by atoms with Crippen LogP contribution in [0.5, 0.6) is 5.75 Å². The van der Waals surface area contributed by atoms with E-state index in [1.165, 1.54) is 17.5 Å². The van der Waals surface area contributed by atoms with Crippen molar-refractivity contribution in [2.75, 3.05) is 20.6 Å². The molecule has 0 radical (unpaired) electrons. The van der Waals surface area contributed by atoms with E-state index in [1.54, 1.807) is 6.07 Å². The Morgan fingerprint density at radius 1 is 1.15 bits per heavy atom. The average Bonchev–Trinajstić information content (AvgIpc) is 2.84. The summed E-state index contributed by atoms with van der Waals surface area (Å²) < 4.78 is 0. The summed E-state index contributed by atoms with van der Waals surface area (Å²) in [6.07, 6.45) is 9.18. The maximum absolute atomic E-state index is 13.4. The fraction of sp³-hybridized carbons (Fsp3) is 0.571. The zero-order chi connectivity index (χ0) is 23.6. The number of aromatic amines is 1. The summed E-state index contributed by atoms with van der Waals surface area (Å²) >= 11 is 0. The Morgan fingerprint density at radius 3 is 2.74 bits per heavy atom. The number of pyridine rings is 1. The Labute approximate surface area is 201 Å². The average molecular weight is 462 g/mol. The van der Waals surface area contributed by atoms with Crippen LogP contribution in [0.15, 0.2) is 29.1 Å². The number of aromatic hydroxyl groups is 1. The highest BCUT2D eigenvalue weighted by Crippen LogP contribution is 2.54. The third kappa shape index (κ3) is 3.25. The molecule has 1 unspecified atom stereocenters. The lowest BCUT2D eigenvalue weighted by Gasteiger charge is -2.58. The number of hydrogen-bond donors (Lipinski definition) is 2. The number of amides is 1. The minimum absolute atomic E-state index is 0.0795. The molecule has 2 aromatic rings. The van der Waals surface area contributed by atoms with Gasteiger partial charge in [-0.15, -0.1) is 0 Å². The molecular weight excluding hydrogens is 426 g/mol. The molecule has 1 amide bonds. The van der Waals surface area contributed by atoms with Gasteiger partial charge in [0, 0.05) is 30.2 Å². The molecule has 1 aromatic heterocycles. The summed E-state index contributed by atoms with van der Waals surface area (Å²) in [5, 5.41) is 10.3. The number of aromatic nitrogens is 1. The molecule has 4 aliphatic rings. The van der Waals surface area contributed by atoms with Gasteiger partial charge in [0.25, 0.3) is 11.5 Å². The number of likely N-dealkylation sites (N-methyl/N-ethyl adjacent to an activating group) is 1. The third-order valence-electron chi connectivity index (χ3n) is 9.53. The van der Waals surface area contributed by atoms with Gasteiger partial charge >= 0.3 is 0 Å². The molecule has 1 aliphatic heterocycles. The summed E-state index contributed by atoms with van der Waals surface area (Å²) in [5.41, 5.74) is 4.60. The van der Waals surface area contributed by atoms with Gasteiger partial charge < -0.3 is 19.9 Å². The van der Waals surface area contributed by atoms with Gasteiger partial charge in [-0.25, -0.2) is 0 Å². The topological polar surface area (TPSA) is 76.6 Å². The molecule has 3 aliphatic carbocycles.